The molecule has 0 bridgehead atoms. The average Bonchev–Trinajstić information content (AvgIpc) is 3.18. The van der Waals surface area contributed by atoms with Crippen LogP contribution in [0.1, 0.15) is 25.5 Å². The van der Waals surface area contributed by atoms with Crippen LogP contribution in [0.4, 0.5) is 5.69 Å². The zero-order chi connectivity index (χ0) is 16.5. The van der Waals surface area contributed by atoms with Gasteiger partial charge in [0.15, 0.2) is 0 Å². The second-order valence-corrected chi connectivity index (χ2v) is 6.60. The molecule has 4 rings (SSSR count). The van der Waals surface area contributed by atoms with Crippen molar-refractivity contribution in [3.63, 3.8) is 0 Å². The number of nitrogens with two attached hydrogens (primary N) is 1. The largest absolute Gasteiger partial charge is 0.461 e. The van der Waals surface area contributed by atoms with Gasteiger partial charge in [0, 0.05) is 30.0 Å². The average molecular weight is 322 g/mol. The van der Waals surface area contributed by atoms with Gasteiger partial charge in [0.1, 0.15) is 11.3 Å². The van der Waals surface area contributed by atoms with Crippen molar-refractivity contribution >= 4 is 16.7 Å². The number of nitrogen functional groups attached to an aromatic ring is 1. The summed E-state index contributed by atoms with van der Waals surface area (Å²) in [5.74, 6) is 1.04. The lowest BCUT2D eigenvalue weighted by Gasteiger charge is -2.19. The number of benzene rings is 1. The van der Waals surface area contributed by atoms with E-state index in [1.807, 2.05) is 12.1 Å². The quantitative estimate of drug-likeness (QED) is 0.796. The third kappa shape index (κ3) is 2.87. The monoisotopic (exact) mass is 322 g/mol. The smallest absolute Gasteiger partial charge is 0.134 e. The van der Waals surface area contributed by atoms with Crippen molar-refractivity contribution in [1.82, 2.24) is 15.1 Å². The molecule has 1 aliphatic rings. The minimum absolute atomic E-state index is 0.635. The van der Waals surface area contributed by atoms with Crippen LogP contribution in [0.5, 0.6) is 0 Å². The first-order valence-electron chi connectivity index (χ1n) is 8.54. The summed E-state index contributed by atoms with van der Waals surface area (Å²) < 4.78 is 6.00. The summed E-state index contributed by atoms with van der Waals surface area (Å²) in [4.78, 5) is 2.54. The molecule has 0 aliphatic carbocycles. The predicted octanol–water partition coefficient (Wildman–Crippen LogP) is 3.50. The molecule has 0 spiro atoms. The van der Waals surface area contributed by atoms with Gasteiger partial charge < -0.3 is 15.1 Å². The van der Waals surface area contributed by atoms with Crippen LogP contribution in [-0.2, 0) is 6.42 Å². The topological polar surface area (TPSA) is 68.2 Å². The second-order valence-electron chi connectivity index (χ2n) is 6.60. The Morgan fingerprint density at radius 1 is 1.25 bits per heavy atom. The zero-order valence-electron chi connectivity index (χ0n) is 13.9. The number of nitrogens with zero attached hydrogens (tertiary/aromatic N) is 3. The lowest BCUT2D eigenvalue weighted by Crippen LogP contribution is -2.28. The highest BCUT2D eigenvalue weighted by Gasteiger charge is 2.20. The van der Waals surface area contributed by atoms with E-state index in [1.165, 1.54) is 19.4 Å². The fourth-order valence-corrected chi connectivity index (χ4v) is 3.54. The van der Waals surface area contributed by atoms with Gasteiger partial charge in [-0.05, 0) is 50.1 Å². The van der Waals surface area contributed by atoms with E-state index >= 15 is 0 Å². The van der Waals surface area contributed by atoms with Crippen LogP contribution < -0.4 is 5.73 Å². The van der Waals surface area contributed by atoms with Gasteiger partial charge in [-0.3, -0.25) is 0 Å². The maximum Gasteiger partial charge on any atom is 0.134 e. The molecule has 24 heavy (non-hydrogen) atoms. The van der Waals surface area contributed by atoms with Gasteiger partial charge in [-0.15, -0.1) is 0 Å². The lowest BCUT2D eigenvalue weighted by molar-refractivity contribution is 0.266. The SMILES string of the molecule is C[C@@H]1CCCN1CCc1cc2cc(-c3cnncc3N)ccc2o1. The van der Waals surface area contributed by atoms with Crippen molar-refractivity contribution in [1.29, 1.82) is 0 Å². The van der Waals surface area contributed by atoms with Gasteiger partial charge in [-0.2, -0.15) is 10.2 Å². The molecule has 3 heterocycles. The molecule has 1 aromatic carbocycles. The van der Waals surface area contributed by atoms with E-state index in [2.05, 4.69) is 34.2 Å². The van der Waals surface area contributed by atoms with Crippen LogP contribution >= 0.6 is 0 Å². The molecule has 5 heteroatoms. The molecule has 2 aromatic heterocycles. The Balaban J connectivity index is 1.56. The summed E-state index contributed by atoms with van der Waals surface area (Å²) in [5, 5.41) is 8.84. The number of aromatic nitrogens is 2. The maximum absolute atomic E-state index is 6.00. The fourth-order valence-electron chi connectivity index (χ4n) is 3.54. The molecule has 0 radical (unpaired) electrons. The number of furan rings is 1. The number of likely N-dealkylation sites (tertiary alicyclic amines) is 1. The zero-order valence-corrected chi connectivity index (χ0v) is 13.9. The molecule has 1 saturated heterocycles. The van der Waals surface area contributed by atoms with Gasteiger partial charge in [-0.1, -0.05) is 6.07 Å². The molecule has 0 unspecified atom stereocenters. The van der Waals surface area contributed by atoms with Crippen LogP contribution in [-0.4, -0.2) is 34.2 Å². The second kappa shape index (κ2) is 6.24. The summed E-state index contributed by atoms with van der Waals surface area (Å²) in [6, 6.07) is 8.97. The molecule has 3 aromatic rings. The number of fused-ring (bicyclic) bond motifs is 1. The molecule has 5 nitrogen and oxygen atoms in total. The first-order chi connectivity index (χ1) is 11.7. The Kier molecular flexibility index (Phi) is 3.94. The summed E-state index contributed by atoms with van der Waals surface area (Å²) in [6.07, 6.45) is 6.86. The van der Waals surface area contributed by atoms with Crippen LogP contribution in [0.3, 0.4) is 0 Å². The van der Waals surface area contributed by atoms with Gasteiger partial charge in [0.25, 0.3) is 0 Å². The molecule has 2 N–H and O–H groups in total. The van der Waals surface area contributed by atoms with E-state index in [0.29, 0.717) is 11.7 Å². The third-order valence-electron chi connectivity index (χ3n) is 4.98. The summed E-state index contributed by atoms with van der Waals surface area (Å²) >= 11 is 0. The minimum Gasteiger partial charge on any atom is -0.461 e. The fraction of sp³-hybridized carbons (Fsp3) is 0.368. The molecule has 1 atom stereocenters. The van der Waals surface area contributed by atoms with Crippen LogP contribution in [0.15, 0.2) is 41.1 Å². The molecule has 1 aliphatic heterocycles. The Morgan fingerprint density at radius 3 is 2.92 bits per heavy atom. The molecule has 1 fully saturated rings. The number of rotatable bonds is 4. The minimum atomic E-state index is 0.635. The van der Waals surface area contributed by atoms with Crippen molar-refractivity contribution in [3.05, 3.63) is 42.4 Å². The Labute approximate surface area is 141 Å². The predicted molar refractivity (Wildman–Crippen MR) is 95.6 cm³/mol. The van der Waals surface area contributed by atoms with E-state index in [9.17, 15) is 0 Å². The highest BCUT2D eigenvalue weighted by Crippen LogP contribution is 2.29. The summed E-state index contributed by atoms with van der Waals surface area (Å²) in [5.41, 5.74) is 9.50. The van der Waals surface area contributed by atoms with Gasteiger partial charge in [0.2, 0.25) is 0 Å². The Morgan fingerprint density at radius 2 is 2.12 bits per heavy atom. The van der Waals surface area contributed by atoms with Crippen molar-refractivity contribution in [2.75, 3.05) is 18.8 Å². The van der Waals surface area contributed by atoms with Crippen LogP contribution in [0, 0.1) is 0 Å². The Bertz CT molecular complexity index is 857. The maximum atomic E-state index is 6.00. The van der Waals surface area contributed by atoms with E-state index in [0.717, 1.165) is 40.8 Å². The van der Waals surface area contributed by atoms with Crippen molar-refractivity contribution in [2.45, 2.75) is 32.2 Å². The van der Waals surface area contributed by atoms with E-state index in [1.54, 1.807) is 12.4 Å². The normalized spacial score (nSPS) is 18.5. The summed E-state index contributed by atoms with van der Waals surface area (Å²) in [7, 11) is 0. The Hall–Kier alpha value is -2.40. The van der Waals surface area contributed by atoms with Crippen LogP contribution in [0.25, 0.3) is 22.1 Å². The van der Waals surface area contributed by atoms with Crippen molar-refractivity contribution in [3.8, 4) is 11.1 Å². The molecular weight excluding hydrogens is 300 g/mol. The highest BCUT2D eigenvalue weighted by molar-refractivity contribution is 5.86. The van der Waals surface area contributed by atoms with Crippen molar-refractivity contribution < 1.29 is 4.42 Å². The number of anilines is 1. The first kappa shape index (κ1) is 15.1. The van der Waals surface area contributed by atoms with Gasteiger partial charge in [-0.25, -0.2) is 0 Å². The van der Waals surface area contributed by atoms with Gasteiger partial charge in [0.05, 0.1) is 18.1 Å². The van der Waals surface area contributed by atoms with Crippen molar-refractivity contribution in [2.24, 2.45) is 0 Å². The van der Waals surface area contributed by atoms with E-state index < -0.39 is 0 Å². The number of hydrogen-bond acceptors (Lipinski definition) is 5. The van der Waals surface area contributed by atoms with E-state index in [4.69, 9.17) is 10.2 Å². The highest BCUT2D eigenvalue weighted by atomic mass is 16.3. The molecule has 124 valence electrons. The van der Waals surface area contributed by atoms with E-state index in [-0.39, 0.29) is 0 Å². The first-order valence-corrected chi connectivity index (χ1v) is 8.54. The standard InChI is InChI=1S/C19H22N4O/c1-13-3-2-7-23(13)8-6-16-10-15-9-14(4-5-19(15)24-16)17-11-21-22-12-18(17)20/h4-5,9-13H,2-3,6-8H2,1H3,(H2,20,21)/t13-/m1/s1. The van der Waals surface area contributed by atoms with Crippen LogP contribution in [0.2, 0.25) is 0 Å². The summed E-state index contributed by atoms with van der Waals surface area (Å²) in [6.45, 7) is 4.58. The van der Waals surface area contributed by atoms with Gasteiger partial charge >= 0.3 is 0 Å². The lowest BCUT2D eigenvalue weighted by atomic mass is 10.1. The molecular formula is C19H22N4O. The molecule has 0 amide bonds. The molecule has 0 saturated carbocycles. The number of hydrogen-bond donors (Lipinski definition) is 1. The third-order valence-corrected chi connectivity index (χ3v) is 4.98.